The number of benzene rings is 1. The van der Waals surface area contributed by atoms with Gasteiger partial charge in [0, 0.05) is 32.8 Å². The lowest BCUT2D eigenvalue weighted by atomic mass is 10.2. The Kier molecular flexibility index (Phi) is 6.86. The highest BCUT2D eigenvalue weighted by atomic mass is 16.5. The molecule has 0 heterocycles. The molecule has 0 saturated carbocycles. The minimum absolute atomic E-state index is 0.471. The fourth-order valence-electron chi connectivity index (χ4n) is 1.67. The third-order valence-corrected chi connectivity index (χ3v) is 2.97. The van der Waals surface area contributed by atoms with E-state index in [1.54, 1.807) is 7.11 Å². The van der Waals surface area contributed by atoms with Gasteiger partial charge in [-0.2, -0.15) is 0 Å². The van der Waals surface area contributed by atoms with E-state index >= 15 is 0 Å². The van der Waals surface area contributed by atoms with Crippen molar-refractivity contribution in [3.63, 3.8) is 0 Å². The van der Waals surface area contributed by atoms with E-state index in [1.165, 1.54) is 5.56 Å². The van der Waals surface area contributed by atoms with Crippen LogP contribution in [0.15, 0.2) is 30.3 Å². The Bertz CT molecular complexity index is 290. The second-order valence-electron chi connectivity index (χ2n) is 4.45. The van der Waals surface area contributed by atoms with Crippen LogP contribution < -0.4 is 5.32 Å². The predicted octanol–water partition coefficient (Wildman–Crippen LogP) is 1.74. The maximum Gasteiger partial charge on any atom is 0.0615 e. The van der Waals surface area contributed by atoms with Gasteiger partial charge in [-0.15, -0.1) is 0 Å². The first kappa shape index (κ1) is 14.2. The number of methoxy groups -OCH3 is 1. The number of hydrogen-bond donors (Lipinski definition) is 1. The zero-order valence-electron chi connectivity index (χ0n) is 11.1. The van der Waals surface area contributed by atoms with Crippen LogP contribution in [0.1, 0.15) is 12.5 Å². The summed E-state index contributed by atoms with van der Waals surface area (Å²) in [5.74, 6) is 0. The molecule has 96 valence electrons. The van der Waals surface area contributed by atoms with Crippen LogP contribution in [0, 0.1) is 0 Å². The highest BCUT2D eigenvalue weighted by Gasteiger charge is 2.07. The van der Waals surface area contributed by atoms with Gasteiger partial charge in [-0.05, 0) is 19.5 Å². The van der Waals surface area contributed by atoms with Crippen molar-refractivity contribution in [2.75, 3.05) is 33.9 Å². The van der Waals surface area contributed by atoms with E-state index < -0.39 is 0 Å². The first-order valence-electron chi connectivity index (χ1n) is 6.18. The van der Waals surface area contributed by atoms with Crippen LogP contribution in [0.25, 0.3) is 0 Å². The van der Waals surface area contributed by atoms with Gasteiger partial charge in [0.25, 0.3) is 0 Å². The lowest BCUT2D eigenvalue weighted by Crippen LogP contribution is -2.37. The van der Waals surface area contributed by atoms with E-state index in [1.807, 2.05) is 6.07 Å². The van der Waals surface area contributed by atoms with Gasteiger partial charge in [0.05, 0.1) is 6.61 Å². The third-order valence-electron chi connectivity index (χ3n) is 2.97. The molecule has 0 amide bonds. The zero-order valence-corrected chi connectivity index (χ0v) is 11.1. The van der Waals surface area contributed by atoms with E-state index in [2.05, 4.69) is 48.5 Å². The Hall–Kier alpha value is -0.900. The first-order valence-corrected chi connectivity index (χ1v) is 6.18. The highest BCUT2D eigenvalue weighted by molar-refractivity contribution is 5.14. The number of nitrogens with zero attached hydrogens (tertiary/aromatic N) is 1. The van der Waals surface area contributed by atoms with Crippen molar-refractivity contribution in [1.29, 1.82) is 0 Å². The Labute approximate surface area is 105 Å². The average Bonchev–Trinajstić information content (AvgIpc) is 2.36. The van der Waals surface area contributed by atoms with Crippen molar-refractivity contribution in [3.05, 3.63) is 35.9 Å². The third kappa shape index (κ3) is 5.82. The lowest BCUT2D eigenvalue weighted by Gasteiger charge is -2.24. The summed E-state index contributed by atoms with van der Waals surface area (Å²) in [4.78, 5) is 2.31. The van der Waals surface area contributed by atoms with Crippen molar-refractivity contribution >= 4 is 0 Å². The van der Waals surface area contributed by atoms with Crippen molar-refractivity contribution in [1.82, 2.24) is 10.2 Å². The minimum atomic E-state index is 0.471. The van der Waals surface area contributed by atoms with E-state index in [9.17, 15) is 0 Å². The molecule has 1 atom stereocenters. The standard InChI is InChI=1S/C14H24N2O/c1-13(12-17-3)16(2)10-9-15-11-14-7-5-4-6-8-14/h4-8,13,15H,9-12H2,1-3H3. The summed E-state index contributed by atoms with van der Waals surface area (Å²) in [6.45, 7) is 5.94. The molecule has 0 aliphatic carbocycles. The van der Waals surface area contributed by atoms with Crippen molar-refractivity contribution < 1.29 is 4.74 Å². The van der Waals surface area contributed by atoms with Crippen LogP contribution in [-0.4, -0.2) is 44.8 Å². The van der Waals surface area contributed by atoms with Crippen LogP contribution >= 0.6 is 0 Å². The topological polar surface area (TPSA) is 24.5 Å². The Morgan fingerprint density at radius 1 is 1.29 bits per heavy atom. The monoisotopic (exact) mass is 236 g/mol. The maximum absolute atomic E-state index is 5.14. The molecule has 0 radical (unpaired) electrons. The van der Waals surface area contributed by atoms with Gasteiger partial charge in [-0.25, -0.2) is 0 Å². The average molecular weight is 236 g/mol. The highest BCUT2D eigenvalue weighted by Crippen LogP contribution is 1.97. The normalized spacial score (nSPS) is 12.9. The molecule has 1 N–H and O–H groups in total. The van der Waals surface area contributed by atoms with Gasteiger partial charge < -0.3 is 15.0 Å². The maximum atomic E-state index is 5.14. The largest absolute Gasteiger partial charge is 0.383 e. The number of rotatable bonds is 8. The summed E-state index contributed by atoms with van der Waals surface area (Å²) in [5.41, 5.74) is 1.33. The molecule has 0 aliphatic heterocycles. The molecule has 17 heavy (non-hydrogen) atoms. The summed E-state index contributed by atoms with van der Waals surface area (Å²) in [6.07, 6.45) is 0. The molecule has 3 nitrogen and oxygen atoms in total. The lowest BCUT2D eigenvalue weighted by molar-refractivity contribution is 0.116. The molecule has 1 aromatic rings. The van der Waals surface area contributed by atoms with Gasteiger partial charge in [0.1, 0.15) is 0 Å². The number of likely N-dealkylation sites (N-methyl/N-ethyl adjacent to an activating group) is 1. The quantitative estimate of drug-likeness (QED) is 0.696. The van der Waals surface area contributed by atoms with E-state index in [0.717, 1.165) is 26.2 Å². The van der Waals surface area contributed by atoms with E-state index in [-0.39, 0.29) is 0 Å². The fourth-order valence-corrected chi connectivity index (χ4v) is 1.67. The Morgan fingerprint density at radius 2 is 2.00 bits per heavy atom. The van der Waals surface area contributed by atoms with Crippen molar-refractivity contribution in [2.45, 2.75) is 19.5 Å². The second-order valence-corrected chi connectivity index (χ2v) is 4.45. The molecule has 0 spiro atoms. The molecular formula is C14H24N2O. The van der Waals surface area contributed by atoms with E-state index in [4.69, 9.17) is 4.74 Å². The van der Waals surface area contributed by atoms with E-state index in [0.29, 0.717) is 6.04 Å². The van der Waals surface area contributed by atoms with Gasteiger partial charge >= 0.3 is 0 Å². The zero-order chi connectivity index (χ0) is 12.5. The summed E-state index contributed by atoms with van der Waals surface area (Å²) in [7, 11) is 3.88. The minimum Gasteiger partial charge on any atom is -0.383 e. The molecule has 0 saturated heterocycles. The molecule has 3 heteroatoms. The van der Waals surface area contributed by atoms with Crippen LogP contribution in [0.3, 0.4) is 0 Å². The molecule has 0 aromatic heterocycles. The summed E-state index contributed by atoms with van der Waals surface area (Å²) in [6, 6.07) is 10.9. The van der Waals surface area contributed by atoms with Gasteiger partial charge in [-0.3, -0.25) is 0 Å². The smallest absolute Gasteiger partial charge is 0.0615 e. The Balaban J connectivity index is 2.12. The molecule has 1 unspecified atom stereocenters. The molecule has 0 bridgehead atoms. The number of ether oxygens (including phenoxy) is 1. The van der Waals surface area contributed by atoms with Crippen molar-refractivity contribution in [2.24, 2.45) is 0 Å². The molecule has 0 fully saturated rings. The van der Waals surface area contributed by atoms with Gasteiger partial charge in [-0.1, -0.05) is 30.3 Å². The van der Waals surface area contributed by atoms with Crippen LogP contribution in [0.4, 0.5) is 0 Å². The predicted molar refractivity (Wildman–Crippen MR) is 72.1 cm³/mol. The summed E-state index contributed by atoms with van der Waals surface area (Å²) < 4.78 is 5.14. The van der Waals surface area contributed by atoms with Gasteiger partial charge in [0.15, 0.2) is 0 Å². The fraction of sp³-hybridized carbons (Fsp3) is 0.571. The summed E-state index contributed by atoms with van der Waals surface area (Å²) >= 11 is 0. The summed E-state index contributed by atoms with van der Waals surface area (Å²) in [5, 5.41) is 3.45. The molecule has 1 rings (SSSR count). The Morgan fingerprint density at radius 3 is 2.65 bits per heavy atom. The molecule has 0 aliphatic rings. The molecular weight excluding hydrogens is 212 g/mol. The molecule has 1 aromatic carbocycles. The van der Waals surface area contributed by atoms with Crippen molar-refractivity contribution in [3.8, 4) is 0 Å². The number of nitrogens with one attached hydrogen (secondary N) is 1. The van der Waals surface area contributed by atoms with Crippen LogP contribution in [-0.2, 0) is 11.3 Å². The SMILES string of the molecule is COCC(C)N(C)CCNCc1ccccc1. The number of hydrogen-bond acceptors (Lipinski definition) is 3. The van der Waals surface area contributed by atoms with Crippen LogP contribution in [0.5, 0.6) is 0 Å². The van der Waals surface area contributed by atoms with Crippen LogP contribution in [0.2, 0.25) is 0 Å². The second kappa shape index (κ2) is 8.23. The van der Waals surface area contributed by atoms with Gasteiger partial charge in [0.2, 0.25) is 0 Å². The first-order chi connectivity index (χ1) is 8.24.